The van der Waals surface area contributed by atoms with Gasteiger partial charge in [0.25, 0.3) is 5.91 Å². The molecule has 126 valence electrons. The highest BCUT2D eigenvalue weighted by Gasteiger charge is 2.23. The third-order valence-corrected chi connectivity index (χ3v) is 4.10. The van der Waals surface area contributed by atoms with Crippen LogP contribution in [0.1, 0.15) is 23.2 Å². The van der Waals surface area contributed by atoms with Crippen LogP contribution in [0.2, 0.25) is 0 Å². The van der Waals surface area contributed by atoms with Crippen LogP contribution in [-0.2, 0) is 9.53 Å². The van der Waals surface area contributed by atoms with Crippen LogP contribution in [0.5, 0.6) is 0 Å². The van der Waals surface area contributed by atoms with E-state index in [1.54, 1.807) is 4.90 Å². The predicted octanol–water partition coefficient (Wildman–Crippen LogP) is 1.12. The van der Waals surface area contributed by atoms with Crippen molar-refractivity contribution in [3.05, 3.63) is 29.8 Å². The number of likely N-dealkylation sites (tertiary alicyclic amines) is 1. The Morgan fingerprint density at radius 3 is 2.35 bits per heavy atom. The lowest BCUT2D eigenvalue weighted by Crippen LogP contribution is -2.47. The average Bonchev–Trinajstić information content (AvgIpc) is 2.55. The first-order valence-electron chi connectivity index (χ1n) is 7.86. The number of amides is 2. The Morgan fingerprint density at radius 1 is 1.22 bits per heavy atom. The summed E-state index contributed by atoms with van der Waals surface area (Å²) in [5.74, 6) is -0.0477. The molecule has 6 heteroatoms. The van der Waals surface area contributed by atoms with Crippen molar-refractivity contribution < 1.29 is 14.3 Å². The summed E-state index contributed by atoms with van der Waals surface area (Å²) < 4.78 is 4.87. The Bertz CT molecular complexity index is 535. The fraction of sp³-hybridized carbons (Fsp3) is 0.529. The number of anilines is 1. The second-order valence-electron chi connectivity index (χ2n) is 6.00. The minimum atomic E-state index is -0.0584. The summed E-state index contributed by atoms with van der Waals surface area (Å²) >= 11 is 0. The Balaban J connectivity index is 1.84. The number of benzene rings is 1. The fourth-order valence-corrected chi connectivity index (χ4v) is 2.67. The molecule has 0 spiro atoms. The number of piperidine rings is 1. The zero-order valence-corrected chi connectivity index (χ0v) is 14.0. The van der Waals surface area contributed by atoms with Crippen LogP contribution < -0.4 is 10.2 Å². The van der Waals surface area contributed by atoms with Crippen LogP contribution in [0.25, 0.3) is 0 Å². The zero-order chi connectivity index (χ0) is 16.8. The van der Waals surface area contributed by atoms with Crippen molar-refractivity contribution in [1.82, 2.24) is 10.2 Å². The number of methoxy groups -OCH3 is 1. The molecule has 2 amide bonds. The lowest BCUT2D eigenvalue weighted by Gasteiger charge is -2.32. The number of hydrogen-bond donors (Lipinski definition) is 1. The number of hydrogen-bond acceptors (Lipinski definition) is 4. The molecule has 0 atom stereocenters. The Kier molecular flexibility index (Phi) is 5.98. The number of carbonyl (C=O) groups excluding carboxylic acids is 2. The standard InChI is InChI=1S/C17H25N3O3/c1-19(2)15-6-4-13(5-7-15)17(22)18-14-8-10-20(11-9-14)16(21)12-23-3/h4-7,14H,8-12H2,1-3H3,(H,18,22). The summed E-state index contributed by atoms with van der Waals surface area (Å²) in [5.41, 5.74) is 1.72. The van der Waals surface area contributed by atoms with Gasteiger partial charge in [0.1, 0.15) is 6.61 Å². The number of ether oxygens (including phenoxy) is 1. The molecule has 1 N–H and O–H groups in total. The second-order valence-corrected chi connectivity index (χ2v) is 6.00. The molecule has 0 bridgehead atoms. The maximum atomic E-state index is 12.3. The quantitative estimate of drug-likeness (QED) is 0.883. The summed E-state index contributed by atoms with van der Waals surface area (Å²) in [4.78, 5) is 27.8. The van der Waals surface area contributed by atoms with Gasteiger partial charge >= 0.3 is 0 Å². The van der Waals surface area contributed by atoms with Gasteiger partial charge in [-0.25, -0.2) is 0 Å². The summed E-state index contributed by atoms with van der Waals surface area (Å²) in [6.07, 6.45) is 1.55. The number of carbonyl (C=O) groups is 2. The third kappa shape index (κ3) is 4.69. The van der Waals surface area contributed by atoms with Crippen molar-refractivity contribution in [2.24, 2.45) is 0 Å². The topological polar surface area (TPSA) is 61.9 Å². The van der Waals surface area contributed by atoms with Gasteiger partial charge in [-0.15, -0.1) is 0 Å². The normalized spacial score (nSPS) is 15.3. The molecule has 1 aliphatic heterocycles. The highest BCUT2D eigenvalue weighted by Crippen LogP contribution is 2.14. The summed E-state index contributed by atoms with van der Waals surface area (Å²) in [7, 11) is 5.45. The van der Waals surface area contributed by atoms with E-state index in [0.29, 0.717) is 18.7 Å². The Labute approximate surface area is 137 Å². The van der Waals surface area contributed by atoms with Crippen molar-refractivity contribution in [3.8, 4) is 0 Å². The summed E-state index contributed by atoms with van der Waals surface area (Å²) in [5, 5.41) is 3.05. The van der Waals surface area contributed by atoms with Gasteiger partial charge in [-0.05, 0) is 37.1 Å². The first-order valence-corrected chi connectivity index (χ1v) is 7.86. The SMILES string of the molecule is COCC(=O)N1CCC(NC(=O)c2ccc(N(C)C)cc2)CC1. The fourth-order valence-electron chi connectivity index (χ4n) is 2.67. The van der Waals surface area contributed by atoms with E-state index >= 15 is 0 Å². The summed E-state index contributed by atoms with van der Waals surface area (Å²) in [6, 6.07) is 7.65. The smallest absolute Gasteiger partial charge is 0.251 e. The van der Waals surface area contributed by atoms with Crippen molar-refractivity contribution in [1.29, 1.82) is 0 Å². The lowest BCUT2D eigenvalue weighted by molar-refractivity contribution is -0.136. The molecule has 0 saturated carbocycles. The molecule has 0 unspecified atom stereocenters. The van der Waals surface area contributed by atoms with E-state index in [9.17, 15) is 9.59 Å². The van der Waals surface area contributed by atoms with Crippen LogP contribution in [-0.4, -0.2) is 63.7 Å². The van der Waals surface area contributed by atoms with E-state index in [1.807, 2.05) is 43.3 Å². The molecule has 1 heterocycles. The molecule has 1 aromatic rings. The van der Waals surface area contributed by atoms with Gasteiger partial charge in [-0.3, -0.25) is 9.59 Å². The number of rotatable bonds is 5. The van der Waals surface area contributed by atoms with Crippen molar-refractivity contribution in [2.75, 3.05) is 45.8 Å². The van der Waals surface area contributed by atoms with Crippen LogP contribution in [0.15, 0.2) is 24.3 Å². The van der Waals surface area contributed by atoms with Crippen LogP contribution >= 0.6 is 0 Å². The van der Waals surface area contributed by atoms with Crippen molar-refractivity contribution in [2.45, 2.75) is 18.9 Å². The monoisotopic (exact) mass is 319 g/mol. The van der Waals surface area contributed by atoms with E-state index in [1.165, 1.54) is 7.11 Å². The van der Waals surface area contributed by atoms with E-state index in [4.69, 9.17) is 4.74 Å². The molecule has 2 rings (SSSR count). The molecule has 6 nitrogen and oxygen atoms in total. The van der Waals surface area contributed by atoms with E-state index in [0.717, 1.165) is 18.5 Å². The minimum Gasteiger partial charge on any atom is -0.378 e. The highest BCUT2D eigenvalue weighted by molar-refractivity contribution is 5.94. The molecule has 23 heavy (non-hydrogen) atoms. The molecular weight excluding hydrogens is 294 g/mol. The maximum absolute atomic E-state index is 12.3. The number of nitrogens with zero attached hydrogens (tertiary/aromatic N) is 2. The maximum Gasteiger partial charge on any atom is 0.251 e. The molecule has 1 fully saturated rings. The van der Waals surface area contributed by atoms with Gasteiger partial charge in [0, 0.05) is 51.6 Å². The van der Waals surface area contributed by atoms with Crippen LogP contribution in [0.3, 0.4) is 0 Å². The molecule has 0 radical (unpaired) electrons. The minimum absolute atomic E-state index is 0.0107. The first-order chi connectivity index (χ1) is 11.0. The van der Waals surface area contributed by atoms with E-state index in [-0.39, 0.29) is 24.5 Å². The van der Waals surface area contributed by atoms with E-state index < -0.39 is 0 Å². The molecule has 0 aromatic heterocycles. The molecule has 1 aromatic carbocycles. The summed E-state index contributed by atoms with van der Waals surface area (Å²) in [6.45, 7) is 1.44. The lowest BCUT2D eigenvalue weighted by atomic mass is 10.0. The van der Waals surface area contributed by atoms with Gasteiger partial charge in [0.05, 0.1) is 0 Å². The third-order valence-electron chi connectivity index (χ3n) is 4.10. The molecular formula is C17H25N3O3. The second kappa shape index (κ2) is 7.97. The van der Waals surface area contributed by atoms with Gasteiger partial charge in [-0.1, -0.05) is 0 Å². The van der Waals surface area contributed by atoms with Crippen molar-refractivity contribution in [3.63, 3.8) is 0 Å². The molecule has 1 aliphatic rings. The highest BCUT2D eigenvalue weighted by atomic mass is 16.5. The zero-order valence-electron chi connectivity index (χ0n) is 14.0. The van der Waals surface area contributed by atoms with E-state index in [2.05, 4.69) is 5.32 Å². The largest absolute Gasteiger partial charge is 0.378 e. The van der Waals surface area contributed by atoms with Gasteiger partial charge in [-0.2, -0.15) is 0 Å². The van der Waals surface area contributed by atoms with Gasteiger partial charge < -0.3 is 19.9 Å². The number of nitrogens with one attached hydrogen (secondary N) is 1. The van der Waals surface area contributed by atoms with Gasteiger partial charge in [0.2, 0.25) is 5.91 Å². The predicted molar refractivity (Wildman–Crippen MR) is 89.7 cm³/mol. The van der Waals surface area contributed by atoms with Crippen LogP contribution in [0, 0.1) is 0 Å². The first kappa shape index (κ1) is 17.3. The Hall–Kier alpha value is -2.08. The molecule has 1 saturated heterocycles. The molecule has 0 aliphatic carbocycles. The average molecular weight is 319 g/mol. The van der Waals surface area contributed by atoms with Gasteiger partial charge in [0.15, 0.2) is 0 Å². The van der Waals surface area contributed by atoms with Crippen LogP contribution in [0.4, 0.5) is 5.69 Å². The Morgan fingerprint density at radius 2 is 1.83 bits per heavy atom. The van der Waals surface area contributed by atoms with Crippen molar-refractivity contribution >= 4 is 17.5 Å².